The van der Waals surface area contributed by atoms with Crippen molar-refractivity contribution in [1.82, 2.24) is 0 Å². The Morgan fingerprint density at radius 2 is 2.11 bits per heavy atom. The lowest BCUT2D eigenvalue weighted by Crippen LogP contribution is -2.19. The minimum Gasteiger partial charge on any atom is -0.474 e. The summed E-state index contributed by atoms with van der Waals surface area (Å²) in [6.07, 6.45) is 0.953. The van der Waals surface area contributed by atoms with Crippen LogP contribution in [-0.4, -0.2) is 24.2 Å². The standard InChI is InChI=1S/C13H16BrClN2O2/c1-2-19-13(12(18)4-3-9-15)17-16-11-7-5-10(14)6-8-11/h5-8,16H,2-4,9H2,1H3. The Hall–Kier alpha value is -1.07. The van der Waals surface area contributed by atoms with Crippen LogP contribution in [0.3, 0.4) is 0 Å². The highest BCUT2D eigenvalue weighted by Gasteiger charge is 2.12. The van der Waals surface area contributed by atoms with Crippen LogP contribution in [0.15, 0.2) is 33.8 Å². The van der Waals surface area contributed by atoms with Crippen molar-refractivity contribution in [3.8, 4) is 0 Å². The van der Waals surface area contributed by atoms with Crippen LogP contribution in [0, 0.1) is 0 Å². The molecular formula is C13H16BrClN2O2. The molecule has 4 nitrogen and oxygen atoms in total. The molecule has 104 valence electrons. The molecule has 0 aliphatic carbocycles. The minimum absolute atomic E-state index is 0.0931. The van der Waals surface area contributed by atoms with Gasteiger partial charge in [-0.3, -0.25) is 10.2 Å². The van der Waals surface area contributed by atoms with E-state index in [1.165, 1.54) is 0 Å². The zero-order chi connectivity index (χ0) is 14.1. The molecule has 19 heavy (non-hydrogen) atoms. The van der Waals surface area contributed by atoms with Gasteiger partial charge in [-0.2, -0.15) is 0 Å². The lowest BCUT2D eigenvalue weighted by Gasteiger charge is -2.07. The second-order valence-corrected chi connectivity index (χ2v) is 4.98. The van der Waals surface area contributed by atoms with Crippen LogP contribution >= 0.6 is 27.5 Å². The summed E-state index contributed by atoms with van der Waals surface area (Å²) < 4.78 is 6.21. The molecule has 0 bridgehead atoms. The number of halogens is 2. The Balaban J connectivity index is 2.66. The minimum atomic E-state index is -0.146. The third-order valence-electron chi connectivity index (χ3n) is 2.19. The molecule has 0 aliphatic rings. The summed E-state index contributed by atoms with van der Waals surface area (Å²) in [7, 11) is 0. The van der Waals surface area contributed by atoms with Crippen LogP contribution in [0.5, 0.6) is 0 Å². The van der Waals surface area contributed by atoms with Crippen molar-refractivity contribution in [3.05, 3.63) is 28.7 Å². The van der Waals surface area contributed by atoms with Crippen LogP contribution < -0.4 is 5.43 Å². The van der Waals surface area contributed by atoms with Crippen LogP contribution in [-0.2, 0) is 9.53 Å². The second kappa shape index (κ2) is 8.93. The van der Waals surface area contributed by atoms with Gasteiger partial charge in [0.25, 0.3) is 5.90 Å². The molecule has 0 unspecified atom stereocenters. The molecule has 0 amide bonds. The largest absolute Gasteiger partial charge is 0.474 e. The first kappa shape index (κ1) is 16.0. The molecule has 0 spiro atoms. The van der Waals surface area contributed by atoms with Crippen LogP contribution in [0.25, 0.3) is 0 Å². The summed E-state index contributed by atoms with van der Waals surface area (Å²) in [5.41, 5.74) is 3.59. The zero-order valence-corrected chi connectivity index (χ0v) is 13.0. The van der Waals surface area contributed by atoms with Gasteiger partial charge in [0.05, 0.1) is 12.3 Å². The van der Waals surface area contributed by atoms with E-state index in [4.69, 9.17) is 16.3 Å². The smallest absolute Gasteiger partial charge is 0.275 e. The fourth-order valence-electron chi connectivity index (χ4n) is 1.29. The first-order valence-corrected chi connectivity index (χ1v) is 7.31. The fraction of sp³-hybridized carbons (Fsp3) is 0.385. The molecule has 0 radical (unpaired) electrons. The Labute approximate surface area is 126 Å². The number of hydrazone groups is 1. The van der Waals surface area contributed by atoms with Gasteiger partial charge in [-0.25, -0.2) is 0 Å². The topological polar surface area (TPSA) is 50.7 Å². The lowest BCUT2D eigenvalue weighted by atomic mass is 10.2. The highest BCUT2D eigenvalue weighted by atomic mass is 79.9. The van der Waals surface area contributed by atoms with Gasteiger partial charge in [0.15, 0.2) is 0 Å². The van der Waals surface area contributed by atoms with E-state index >= 15 is 0 Å². The number of benzene rings is 1. The van der Waals surface area contributed by atoms with Crippen molar-refractivity contribution in [2.75, 3.05) is 17.9 Å². The van der Waals surface area contributed by atoms with E-state index in [1.54, 1.807) is 0 Å². The third-order valence-corrected chi connectivity index (χ3v) is 2.98. The second-order valence-electron chi connectivity index (χ2n) is 3.68. The molecule has 0 fully saturated rings. The average Bonchev–Trinajstić information content (AvgIpc) is 2.42. The third kappa shape index (κ3) is 6.07. The molecule has 0 saturated carbocycles. The quantitative estimate of drug-likeness (QED) is 0.353. The van der Waals surface area contributed by atoms with Crippen LogP contribution in [0.2, 0.25) is 0 Å². The number of carbonyl (C=O) groups is 1. The summed E-state index contributed by atoms with van der Waals surface area (Å²) in [5, 5.41) is 4.00. The summed E-state index contributed by atoms with van der Waals surface area (Å²) in [5.74, 6) is 0.397. The van der Waals surface area contributed by atoms with Crippen molar-refractivity contribution < 1.29 is 9.53 Å². The first-order chi connectivity index (χ1) is 9.17. The van der Waals surface area contributed by atoms with E-state index in [0.29, 0.717) is 25.3 Å². The zero-order valence-electron chi connectivity index (χ0n) is 10.7. The van der Waals surface area contributed by atoms with Crippen molar-refractivity contribution in [2.24, 2.45) is 5.10 Å². The Morgan fingerprint density at radius 1 is 1.42 bits per heavy atom. The molecule has 1 rings (SSSR count). The fourth-order valence-corrected chi connectivity index (χ4v) is 1.68. The lowest BCUT2D eigenvalue weighted by molar-refractivity contribution is -0.114. The van der Waals surface area contributed by atoms with Gasteiger partial charge in [-0.15, -0.1) is 16.7 Å². The van der Waals surface area contributed by atoms with E-state index < -0.39 is 0 Å². The maximum Gasteiger partial charge on any atom is 0.275 e. The summed E-state index contributed by atoms with van der Waals surface area (Å²) >= 11 is 8.91. The number of nitrogens with one attached hydrogen (secondary N) is 1. The van der Waals surface area contributed by atoms with Gasteiger partial charge in [0, 0.05) is 16.8 Å². The average molecular weight is 348 g/mol. The number of anilines is 1. The first-order valence-electron chi connectivity index (χ1n) is 5.98. The number of rotatable bonds is 7. The van der Waals surface area contributed by atoms with Gasteiger partial charge in [0.2, 0.25) is 5.78 Å². The molecular weight excluding hydrogens is 332 g/mol. The number of nitrogens with zero attached hydrogens (tertiary/aromatic N) is 1. The van der Waals surface area contributed by atoms with Crippen LogP contribution in [0.1, 0.15) is 19.8 Å². The molecule has 0 atom stereocenters. The van der Waals surface area contributed by atoms with Crippen molar-refractivity contribution in [1.29, 1.82) is 0 Å². The van der Waals surface area contributed by atoms with Crippen LogP contribution in [0.4, 0.5) is 5.69 Å². The van der Waals surface area contributed by atoms with E-state index in [2.05, 4.69) is 26.5 Å². The van der Waals surface area contributed by atoms with Gasteiger partial charge in [-0.05, 0) is 37.6 Å². The van der Waals surface area contributed by atoms with Gasteiger partial charge in [-0.1, -0.05) is 15.9 Å². The molecule has 1 aromatic carbocycles. The van der Waals surface area contributed by atoms with Crippen molar-refractivity contribution in [2.45, 2.75) is 19.8 Å². The van der Waals surface area contributed by atoms with Crippen molar-refractivity contribution >= 4 is 44.9 Å². The van der Waals surface area contributed by atoms with Gasteiger partial charge < -0.3 is 4.74 Å². The van der Waals surface area contributed by atoms with E-state index in [9.17, 15) is 4.79 Å². The summed E-state index contributed by atoms with van der Waals surface area (Å²) in [4.78, 5) is 11.8. The maximum atomic E-state index is 11.8. The Kier molecular flexibility index (Phi) is 7.52. The number of Topliss-reactive ketones (excluding diaryl/α,β-unsaturated/α-hetero) is 1. The number of ketones is 1. The van der Waals surface area contributed by atoms with E-state index in [-0.39, 0.29) is 11.7 Å². The maximum absolute atomic E-state index is 11.8. The molecule has 0 saturated heterocycles. The number of hydrogen-bond donors (Lipinski definition) is 1. The predicted molar refractivity (Wildman–Crippen MR) is 81.8 cm³/mol. The molecule has 1 N–H and O–H groups in total. The number of hydrogen-bond acceptors (Lipinski definition) is 4. The number of alkyl halides is 1. The van der Waals surface area contributed by atoms with Gasteiger partial charge in [0.1, 0.15) is 0 Å². The highest BCUT2D eigenvalue weighted by molar-refractivity contribution is 9.10. The number of ether oxygens (including phenoxy) is 1. The monoisotopic (exact) mass is 346 g/mol. The van der Waals surface area contributed by atoms with Crippen molar-refractivity contribution in [3.63, 3.8) is 0 Å². The molecule has 0 aliphatic heterocycles. The molecule has 0 aromatic heterocycles. The van der Waals surface area contributed by atoms with E-state index in [0.717, 1.165) is 10.2 Å². The highest BCUT2D eigenvalue weighted by Crippen LogP contribution is 2.14. The SMILES string of the molecule is CCOC(=NNc1ccc(Br)cc1)C(=O)CCCCl. The normalized spacial score (nSPS) is 11.2. The Bertz CT molecular complexity index is 435. The predicted octanol–water partition coefficient (Wildman–Crippen LogP) is 3.80. The van der Waals surface area contributed by atoms with E-state index in [1.807, 2.05) is 31.2 Å². The summed E-state index contributed by atoms with van der Waals surface area (Å²) in [6.45, 7) is 2.21. The molecule has 6 heteroatoms. The summed E-state index contributed by atoms with van der Waals surface area (Å²) in [6, 6.07) is 7.46. The molecule has 0 heterocycles. The number of carbonyl (C=O) groups excluding carboxylic acids is 1. The van der Waals surface area contributed by atoms with Gasteiger partial charge >= 0.3 is 0 Å². The Morgan fingerprint density at radius 3 is 2.68 bits per heavy atom. The molecule has 1 aromatic rings.